The van der Waals surface area contributed by atoms with Crippen molar-refractivity contribution in [3.8, 4) is 0 Å². The molecule has 8 nitrogen and oxygen atoms in total. The molecule has 1 aliphatic heterocycles. The molecule has 0 aromatic carbocycles. The van der Waals surface area contributed by atoms with Gasteiger partial charge < -0.3 is 26.2 Å². The molecule has 8 heteroatoms. The van der Waals surface area contributed by atoms with Crippen LogP contribution in [0, 0.1) is 0 Å². The summed E-state index contributed by atoms with van der Waals surface area (Å²) < 4.78 is 4.92. The van der Waals surface area contributed by atoms with Crippen LogP contribution in [-0.2, 0) is 11.3 Å². The summed E-state index contributed by atoms with van der Waals surface area (Å²) in [7, 11) is 0. The molecule has 0 unspecified atom stereocenters. The number of aromatic nitrogens is 2. The quantitative estimate of drug-likeness (QED) is 0.572. The number of amides is 1. The molecule has 0 spiro atoms. The molecule has 1 aromatic heterocycles. The highest BCUT2D eigenvalue weighted by Crippen LogP contribution is 2.08. The minimum Gasteiger partial charge on any atom is -0.370 e. The van der Waals surface area contributed by atoms with E-state index in [4.69, 9.17) is 10.3 Å². The lowest BCUT2D eigenvalue weighted by Gasteiger charge is -2.25. The van der Waals surface area contributed by atoms with Crippen LogP contribution in [0.15, 0.2) is 4.52 Å². The summed E-state index contributed by atoms with van der Waals surface area (Å²) in [4.78, 5) is 15.5. The summed E-state index contributed by atoms with van der Waals surface area (Å²) in [5.74, 6) is 0.815. The zero-order chi connectivity index (χ0) is 12.7. The SMILES string of the molecule is CC(N)=O.NCc1nc(N2CCNCC2)no1. The summed E-state index contributed by atoms with van der Waals surface area (Å²) in [6.45, 7) is 5.38. The summed E-state index contributed by atoms with van der Waals surface area (Å²) >= 11 is 0. The second-order valence-corrected chi connectivity index (χ2v) is 3.54. The van der Waals surface area contributed by atoms with E-state index in [1.54, 1.807) is 0 Å². The number of carbonyl (C=O) groups excluding carboxylic acids is 1. The number of hydrogen-bond acceptors (Lipinski definition) is 7. The summed E-state index contributed by atoms with van der Waals surface area (Å²) in [5.41, 5.74) is 9.84. The van der Waals surface area contributed by atoms with Gasteiger partial charge in [0.1, 0.15) is 0 Å². The maximum Gasteiger partial charge on any atom is 0.266 e. The number of piperazine rings is 1. The van der Waals surface area contributed by atoms with Gasteiger partial charge in [0.05, 0.1) is 6.54 Å². The van der Waals surface area contributed by atoms with Crippen molar-refractivity contribution >= 4 is 11.9 Å². The van der Waals surface area contributed by atoms with Gasteiger partial charge in [-0.1, -0.05) is 0 Å². The number of nitrogens with two attached hydrogens (primary N) is 2. The van der Waals surface area contributed by atoms with Crippen molar-refractivity contribution in [2.24, 2.45) is 11.5 Å². The zero-order valence-corrected chi connectivity index (χ0v) is 9.85. The van der Waals surface area contributed by atoms with Crippen LogP contribution >= 0.6 is 0 Å². The van der Waals surface area contributed by atoms with Crippen molar-refractivity contribution in [1.29, 1.82) is 0 Å². The van der Waals surface area contributed by atoms with Gasteiger partial charge in [-0.05, 0) is 5.16 Å². The Balaban J connectivity index is 0.000000317. The fraction of sp³-hybridized carbons (Fsp3) is 0.667. The Bertz CT molecular complexity index is 343. The van der Waals surface area contributed by atoms with Crippen LogP contribution in [0.25, 0.3) is 0 Å². The molecule has 1 aliphatic rings. The van der Waals surface area contributed by atoms with Gasteiger partial charge in [-0.15, -0.1) is 0 Å². The van der Waals surface area contributed by atoms with Gasteiger partial charge >= 0.3 is 0 Å². The van der Waals surface area contributed by atoms with E-state index in [1.165, 1.54) is 6.92 Å². The molecule has 1 amide bonds. The summed E-state index contributed by atoms with van der Waals surface area (Å²) in [6.07, 6.45) is 0. The largest absolute Gasteiger partial charge is 0.370 e. The molecule has 1 saturated heterocycles. The van der Waals surface area contributed by atoms with Crippen LogP contribution in [0.2, 0.25) is 0 Å². The number of anilines is 1. The molecular formula is C9H18N6O2. The summed E-state index contributed by atoms with van der Waals surface area (Å²) in [5, 5.41) is 7.10. The average molecular weight is 242 g/mol. The zero-order valence-electron chi connectivity index (χ0n) is 9.85. The molecule has 17 heavy (non-hydrogen) atoms. The average Bonchev–Trinajstić information content (AvgIpc) is 2.78. The minimum atomic E-state index is -0.333. The second kappa shape index (κ2) is 6.81. The Labute approximate surface area is 99.3 Å². The van der Waals surface area contributed by atoms with Crippen molar-refractivity contribution in [2.75, 3.05) is 31.1 Å². The maximum absolute atomic E-state index is 9.22. The number of primary amides is 1. The van der Waals surface area contributed by atoms with Crippen LogP contribution < -0.4 is 21.7 Å². The lowest BCUT2D eigenvalue weighted by Crippen LogP contribution is -2.44. The number of nitrogens with one attached hydrogen (secondary N) is 1. The van der Waals surface area contributed by atoms with Crippen molar-refractivity contribution in [1.82, 2.24) is 15.5 Å². The molecule has 96 valence electrons. The predicted molar refractivity (Wildman–Crippen MR) is 62.1 cm³/mol. The topological polar surface area (TPSA) is 123 Å². The number of hydrogen-bond donors (Lipinski definition) is 3. The van der Waals surface area contributed by atoms with Gasteiger partial charge in [0.25, 0.3) is 5.95 Å². The predicted octanol–water partition coefficient (Wildman–Crippen LogP) is -1.57. The van der Waals surface area contributed by atoms with Crippen LogP contribution in [-0.4, -0.2) is 42.2 Å². The van der Waals surface area contributed by atoms with Crippen molar-refractivity contribution in [3.05, 3.63) is 5.89 Å². The van der Waals surface area contributed by atoms with Gasteiger partial charge in [-0.25, -0.2) is 0 Å². The molecule has 1 fully saturated rings. The van der Waals surface area contributed by atoms with E-state index < -0.39 is 0 Å². The van der Waals surface area contributed by atoms with Crippen LogP contribution in [0.3, 0.4) is 0 Å². The van der Waals surface area contributed by atoms with Crippen molar-refractivity contribution in [3.63, 3.8) is 0 Å². The maximum atomic E-state index is 9.22. The molecule has 2 heterocycles. The molecule has 1 aromatic rings. The first kappa shape index (κ1) is 13.4. The Morgan fingerprint density at radius 3 is 2.59 bits per heavy atom. The third kappa shape index (κ3) is 4.79. The lowest BCUT2D eigenvalue weighted by atomic mass is 10.4. The molecule has 0 aliphatic carbocycles. The Hall–Kier alpha value is -1.67. The smallest absolute Gasteiger partial charge is 0.266 e. The van der Waals surface area contributed by atoms with Gasteiger partial charge in [0.2, 0.25) is 11.8 Å². The van der Waals surface area contributed by atoms with Crippen molar-refractivity contribution in [2.45, 2.75) is 13.5 Å². The number of nitrogens with zero attached hydrogens (tertiary/aromatic N) is 3. The van der Waals surface area contributed by atoms with Crippen LogP contribution in [0.1, 0.15) is 12.8 Å². The van der Waals surface area contributed by atoms with E-state index >= 15 is 0 Å². The van der Waals surface area contributed by atoms with Crippen LogP contribution in [0.5, 0.6) is 0 Å². The first-order valence-electron chi connectivity index (χ1n) is 5.38. The fourth-order valence-electron chi connectivity index (χ4n) is 1.32. The molecule has 0 radical (unpaired) electrons. The Kier molecular flexibility index (Phi) is 5.37. The molecule has 5 N–H and O–H groups in total. The molecule has 0 atom stereocenters. The van der Waals surface area contributed by atoms with E-state index in [0.717, 1.165) is 26.2 Å². The van der Waals surface area contributed by atoms with Crippen molar-refractivity contribution < 1.29 is 9.32 Å². The fourth-order valence-corrected chi connectivity index (χ4v) is 1.32. The van der Waals surface area contributed by atoms with Crippen LogP contribution in [0.4, 0.5) is 5.95 Å². The summed E-state index contributed by atoms with van der Waals surface area (Å²) in [6, 6.07) is 0. The number of carbonyl (C=O) groups is 1. The van der Waals surface area contributed by atoms with E-state index in [0.29, 0.717) is 18.4 Å². The van der Waals surface area contributed by atoms with Gasteiger partial charge in [0, 0.05) is 33.1 Å². The lowest BCUT2D eigenvalue weighted by molar-refractivity contribution is -0.115. The molecule has 0 bridgehead atoms. The Morgan fingerprint density at radius 2 is 2.12 bits per heavy atom. The molecule has 2 rings (SSSR count). The second-order valence-electron chi connectivity index (χ2n) is 3.54. The van der Waals surface area contributed by atoms with E-state index in [1.807, 2.05) is 0 Å². The first-order chi connectivity index (χ1) is 8.13. The van der Waals surface area contributed by atoms with Gasteiger partial charge in [-0.2, -0.15) is 4.98 Å². The normalized spacial score (nSPS) is 15.1. The van der Waals surface area contributed by atoms with Gasteiger partial charge in [-0.3, -0.25) is 4.79 Å². The molecule has 0 saturated carbocycles. The first-order valence-corrected chi connectivity index (χ1v) is 5.38. The number of rotatable bonds is 2. The van der Waals surface area contributed by atoms with E-state index in [-0.39, 0.29) is 5.91 Å². The highest BCUT2D eigenvalue weighted by atomic mass is 16.5. The van der Waals surface area contributed by atoms with E-state index in [9.17, 15) is 4.79 Å². The monoisotopic (exact) mass is 242 g/mol. The minimum absolute atomic E-state index is 0.305. The third-order valence-corrected chi connectivity index (χ3v) is 2.03. The molecular weight excluding hydrogens is 224 g/mol. The standard InChI is InChI=1S/C7H13N5O.C2H5NO/c8-5-6-10-7(11-13-6)12-3-1-9-2-4-12;1-2(3)4/h9H,1-5,8H2;1H3,(H2,3,4). The van der Waals surface area contributed by atoms with Gasteiger partial charge in [0.15, 0.2) is 0 Å². The third-order valence-electron chi connectivity index (χ3n) is 2.03. The Morgan fingerprint density at radius 1 is 1.53 bits per heavy atom. The highest BCUT2D eigenvalue weighted by molar-refractivity contribution is 5.70. The van der Waals surface area contributed by atoms with E-state index in [2.05, 4.69) is 26.1 Å². The highest BCUT2D eigenvalue weighted by Gasteiger charge is 2.15.